The molecule has 6 nitrogen and oxygen atoms in total. The Morgan fingerprint density at radius 3 is 2.71 bits per heavy atom. The van der Waals surface area contributed by atoms with Crippen molar-refractivity contribution in [3.05, 3.63) is 18.3 Å². The average molecular weight is 254 g/mol. The molecule has 0 spiro atoms. The molecular formula is C10H14N4O2S. The third-order valence-corrected chi connectivity index (χ3v) is 4.08. The van der Waals surface area contributed by atoms with Crippen LogP contribution in [-0.2, 0) is 10.0 Å². The predicted molar refractivity (Wildman–Crippen MR) is 63.8 cm³/mol. The normalized spacial score (nSPS) is 11.2. The summed E-state index contributed by atoms with van der Waals surface area (Å²) in [4.78, 5) is 4.07. The van der Waals surface area contributed by atoms with Crippen LogP contribution < -0.4 is 5.32 Å². The van der Waals surface area contributed by atoms with Crippen LogP contribution in [0.1, 0.15) is 6.42 Å². The lowest BCUT2D eigenvalue weighted by Crippen LogP contribution is -2.27. The summed E-state index contributed by atoms with van der Waals surface area (Å²) in [6.07, 6.45) is 1.46. The van der Waals surface area contributed by atoms with E-state index < -0.39 is 10.0 Å². The van der Waals surface area contributed by atoms with Crippen LogP contribution in [0.4, 0.5) is 5.82 Å². The molecule has 17 heavy (non-hydrogen) atoms. The molecule has 1 heterocycles. The highest BCUT2D eigenvalue weighted by molar-refractivity contribution is 7.89. The maximum atomic E-state index is 12.0. The standard InChI is InChI=1S/C10H14N4O2S/c1-12-10-5-4-9(8-13-10)17(15,16)14(2)7-3-6-11/h4-5,8H,3,7H2,1-2H3,(H,12,13). The molecular weight excluding hydrogens is 240 g/mol. The summed E-state index contributed by atoms with van der Waals surface area (Å²) in [7, 11) is -0.397. The smallest absolute Gasteiger partial charge is 0.244 e. The number of anilines is 1. The van der Waals surface area contributed by atoms with Gasteiger partial charge in [0.05, 0.1) is 6.07 Å². The monoisotopic (exact) mass is 254 g/mol. The second-order valence-electron chi connectivity index (χ2n) is 3.36. The molecule has 0 saturated carbocycles. The Bertz CT molecular complexity index is 504. The molecule has 7 heteroatoms. The van der Waals surface area contributed by atoms with Crippen LogP contribution >= 0.6 is 0 Å². The molecule has 0 amide bonds. The van der Waals surface area contributed by atoms with Gasteiger partial charge in [0, 0.05) is 33.3 Å². The van der Waals surface area contributed by atoms with E-state index in [1.165, 1.54) is 19.3 Å². The van der Waals surface area contributed by atoms with Crippen molar-refractivity contribution >= 4 is 15.8 Å². The van der Waals surface area contributed by atoms with Gasteiger partial charge in [-0.2, -0.15) is 9.57 Å². The molecule has 0 radical (unpaired) electrons. The molecule has 0 aliphatic heterocycles. The molecule has 0 aromatic carbocycles. The minimum absolute atomic E-state index is 0.122. The van der Waals surface area contributed by atoms with Gasteiger partial charge in [-0.15, -0.1) is 0 Å². The molecule has 0 unspecified atom stereocenters. The highest BCUT2D eigenvalue weighted by atomic mass is 32.2. The van der Waals surface area contributed by atoms with E-state index >= 15 is 0 Å². The predicted octanol–water partition coefficient (Wildman–Crippen LogP) is 0.657. The minimum Gasteiger partial charge on any atom is -0.373 e. The molecule has 0 saturated heterocycles. The molecule has 1 rings (SSSR count). The second kappa shape index (κ2) is 5.61. The Hall–Kier alpha value is -1.65. The van der Waals surface area contributed by atoms with E-state index in [1.54, 1.807) is 13.1 Å². The number of aromatic nitrogens is 1. The highest BCUT2D eigenvalue weighted by Gasteiger charge is 2.20. The molecule has 0 atom stereocenters. The van der Waals surface area contributed by atoms with Crippen molar-refractivity contribution in [2.24, 2.45) is 0 Å². The highest BCUT2D eigenvalue weighted by Crippen LogP contribution is 2.14. The van der Waals surface area contributed by atoms with Gasteiger partial charge in [-0.1, -0.05) is 0 Å². The zero-order valence-corrected chi connectivity index (χ0v) is 10.5. The quantitative estimate of drug-likeness (QED) is 0.834. The van der Waals surface area contributed by atoms with Crippen molar-refractivity contribution in [2.45, 2.75) is 11.3 Å². The van der Waals surface area contributed by atoms with E-state index in [-0.39, 0.29) is 17.9 Å². The molecule has 1 N–H and O–H groups in total. The summed E-state index contributed by atoms with van der Waals surface area (Å²) in [5.41, 5.74) is 0. The number of hydrogen-bond donors (Lipinski definition) is 1. The summed E-state index contributed by atoms with van der Waals surface area (Å²) >= 11 is 0. The van der Waals surface area contributed by atoms with Gasteiger partial charge in [0.15, 0.2) is 0 Å². The zero-order chi connectivity index (χ0) is 12.9. The molecule has 0 aliphatic carbocycles. The van der Waals surface area contributed by atoms with Gasteiger partial charge in [0.1, 0.15) is 10.7 Å². The van der Waals surface area contributed by atoms with Crippen LogP contribution in [0.25, 0.3) is 0 Å². The first-order valence-electron chi connectivity index (χ1n) is 4.99. The van der Waals surface area contributed by atoms with Gasteiger partial charge in [0.2, 0.25) is 10.0 Å². The first kappa shape index (κ1) is 13.4. The number of pyridine rings is 1. The van der Waals surface area contributed by atoms with E-state index in [9.17, 15) is 8.42 Å². The molecule has 0 bridgehead atoms. The van der Waals surface area contributed by atoms with Crippen molar-refractivity contribution in [3.8, 4) is 6.07 Å². The average Bonchev–Trinajstić information content (AvgIpc) is 2.35. The number of nitrogens with one attached hydrogen (secondary N) is 1. The Balaban J connectivity index is 2.93. The van der Waals surface area contributed by atoms with Crippen LogP contribution in [0.3, 0.4) is 0 Å². The summed E-state index contributed by atoms with van der Waals surface area (Å²) in [6.45, 7) is 0.173. The van der Waals surface area contributed by atoms with Gasteiger partial charge in [-0.05, 0) is 12.1 Å². The van der Waals surface area contributed by atoms with Crippen LogP contribution in [0, 0.1) is 11.3 Å². The third kappa shape index (κ3) is 3.15. The molecule has 92 valence electrons. The van der Waals surface area contributed by atoms with Gasteiger partial charge in [0.25, 0.3) is 0 Å². The van der Waals surface area contributed by atoms with Gasteiger partial charge in [-0.3, -0.25) is 0 Å². The van der Waals surface area contributed by atoms with Crippen molar-refractivity contribution in [3.63, 3.8) is 0 Å². The first-order chi connectivity index (χ1) is 8.02. The third-order valence-electron chi connectivity index (χ3n) is 2.24. The number of rotatable bonds is 5. The first-order valence-corrected chi connectivity index (χ1v) is 6.43. The second-order valence-corrected chi connectivity index (χ2v) is 5.41. The lowest BCUT2D eigenvalue weighted by molar-refractivity contribution is 0.476. The van der Waals surface area contributed by atoms with Gasteiger partial charge < -0.3 is 5.32 Å². The van der Waals surface area contributed by atoms with Crippen molar-refractivity contribution < 1.29 is 8.42 Å². The van der Waals surface area contributed by atoms with Gasteiger partial charge in [-0.25, -0.2) is 13.4 Å². The van der Waals surface area contributed by atoms with Crippen molar-refractivity contribution in [1.82, 2.24) is 9.29 Å². The van der Waals surface area contributed by atoms with Crippen LogP contribution in [0.15, 0.2) is 23.2 Å². The van der Waals surface area contributed by atoms with E-state index in [2.05, 4.69) is 10.3 Å². The number of hydrogen-bond acceptors (Lipinski definition) is 5. The maximum absolute atomic E-state index is 12.0. The fraction of sp³-hybridized carbons (Fsp3) is 0.400. The summed E-state index contributed by atoms with van der Waals surface area (Å²) < 4.78 is 25.1. The molecule has 1 aromatic heterocycles. The number of nitrogens with zero attached hydrogens (tertiary/aromatic N) is 3. The number of nitriles is 1. The Labute approximate surface area is 101 Å². The van der Waals surface area contributed by atoms with Gasteiger partial charge >= 0.3 is 0 Å². The van der Waals surface area contributed by atoms with Crippen LogP contribution in [0.2, 0.25) is 0 Å². The summed E-state index contributed by atoms with van der Waals surface area (Å²) in [5.74, 6) is 0.601. The Kier molecular flexibility index (Phi) is 4.43. The molecule has 1 aromatic rings. The van der Waals surface area contributed by atoms with E-state index in [1.807, 2.05) is 6.07 Å². The Morgan fingerprint density at radius 1 is 1.53 bits per heavy atom. The minimum atomic E-state index is -3.54. The maximum Gasteiger partial charge on any atom is 0.244 e. The van der Waals surface area contributed by atoms with Crippen molar-refractivity contribution in [1.29, 1.82) is 5.26 Å². The SMILES string of the molecule is CNc1ccc(S(=O)(=O)N(C)CCC#N)cn1. The number of sulfonamides is 1. The largest absolute Gasteiger partial charge is 0.373 e. The Morgan fingerprint density at radius 2 is 2.24 bits per heavy atom. The molecule has 0 aliphatic rings. The summed E-state index contributed by atoms with van der Waals surface area (Å²) in [6, 6.07) is 4.98. The topological polar surface area (TPSA) is 86.1 Å². The fourth-order valence-electron chi connectivity index (χ4n) is 1.19. The van der Waals surface area contributed by atoms with Crippen molar-refractivity contribution in [2.75, 3.05) is 26.0 Å². The van der Waals surface area contributed by atoms with E-state index in [0.29, 0.717) is 5.82 Å². The zero-order valence-electron chi connectivity index (χ0n) is 9.71. The van der Waals surface area contributed by atoms with Crippen LogP contribution in [-0.4, -0.2) is 38.3 Å². The lowest BCUT2D eigenvalue weighted by atomic mass is 10.5. The fourth-order valence-corrected chi connectivity index (χ4v) is 2.31. The summed E-state index contributed by atoms with van der Waals surface area (Å²) in [5, 5.41) is 11.2. The lowest BCUT2D eigenvalue weighted by Gasteiger charge is -2.15. The van der Waals surface area contributed by atoms with E-state index in [0.717, 1.165) is 4.31 Å². The van der Waals surface area contributed by atoms with Crippen LogP contribution in [0.5, 0.6) is 0 Å². The van der Waals surface area contributed by atoms with E-state index in [4.69, 9.17) is 5.26 Å². The molecule has 0 fully saturated rings.